The van der Waals surface area contributed by atoms with E-state index in [1.165, 1.54) is 6.07 Å². The summed E-state index contributed by atoms with van der Waals surface area (Å²) in [6.07, 6.45) is 1.58. The third kappa shape index (κ3) is 5.39. The Morgan fingerprint density at radius 2 is 2.00 bits per heavy atom. The predicted octanol–water partition coefficient (Wildman–Crippen LogP) is 4.61. The second kappa shape index (κ2) is 10.1. The molecule has 1 saturated heterocycles. The third-order valence-corrected chi connectivity index (χ3v) is 5.81. The zero-order valence-corrected chi connectivity index (χ0v) is 18.9. The monoisotopic (exact) mass is 541 g/mol. The van der Waals surface area contributed by atoms with E-state index in [0.717, 1.165) is 20.2 Å². The Kier molecular flexibility index (Phi) is 7.48. The smallest absolute Gasteiger partial charge is 0.326 e. The number of nitrogens with zero attached hydrogens (tertiary/aromatic N) is 1. The third-order valence-electron chi connectivity index (χ3n) is 4.06. The van der Waals surface area contributed by atoms with Gasteiger partial charge in [-0.25, -0.2) is 4.39 Å². The lowest BCUT2D eigenvalue weighted by molar-refractivity contribution is -0.145. The number of carbonyl (C=O) groups excluding carboxylic acids is 3. The van der Waals surface area contributed by atoms with Crippen molar-refractivity contribution < 1.29 is 28.2 Å². The summed E-state index contributed by atoms with van der Waals surface area (Å²) in [4.78, 5) is 37.2. The van der Waals surface area contributed by atoms with Gasteiger partial charge in [0.2, 0.25) is 0 Å². The van der Waals surface area contributed by atoms with Crippen LogP contribution in [0.1, 0.15) is 18.1 Å². The molecule has 0 radical (unpaired) electrons. The Labute approximate surface area is 190 Å². The van der Waals surface area contributed by atoms with Crippen molar-refractivity contribution in [3.63, 3.8) is 0 Å². The highest BCUT2D eigenvalue weighted by molar-refractivity contribution is 14.1. The molecule has 2 aromatic carbocycles. The number of hydrogen-bond acceptors (Lipinski definition) is 6. The number of ether oxygens (including phenoxy) is 2. The zero-order chi connectivity index (χ0) is 21.7. The second-order valence-electron chi connectivity index (χ2n) is 6.14. The fraction of sp³-hybridized carbons (Fsp3) is 0.190. The molecule has 0 unspecified atom stereocenters. The van der Waals surface area contributed by atoms with Crippen LogP contribution in [0.4, 0.5) is 9.18 Å². The van der Waals surface area contributed by atoms with E-state index < -0.39 is 23.7 Å². The highest BCUT2D eigenvalue weighted by Gasteiger charge is 2.36. The summed E-state index contributed by atoms with van der Waals surface area (Å²) in [5.41, 5.74) is 1.15. The highest BCUT2D eigenvalue weighted by Crippen LogP contribution is 2.33. The Bertz CT molecular complexity index is 1030. The van der Waals surface area contributed by atoms with Crippen molar-refractivity contribution in [2.45, 2.75) is 13.5 Å². The van der Waals surface area contributed by atoms with E-state index in [4.69, 9.17) is 9.47 Å². The van der Waals surface area contributed by atoms with Crippen LogP contribution in [0.25, 0.3) is 6.08 Å². The molecule has 30 heavy (non-hydrogen) atoms. The molecule has 2 amide bonds. The van der Waals surface area contributed by atoms with Crippen LogP contribution in [-0.2, 0) is 20.9 Å². The van der Waals surface area contributed by atoms with Crippen LogP contribution in [-0.4, -0.2) is 35.2 Å². The van der Waals surface area contributed by atoms with E-state index in [0.29, 0.717) is 16.9 Å². The summed E-state index contributed by atoms with van der Waals surface area (Å²) in [5, 5.41) is -0.515. The predicted molar refractivity (Wildman–Crippen MR) is 119 cm³/mol. The number of benzene rings is 2. The molecular formula is C21H17FINO5S. The molecule has 0 aliphatic carbocycles. The van der Waals surface area contributed by atoms with Crippen molar-refractivity contribution in [2.24, 2.45) is 0 Å². The van der Waals surface area contributed by atoms with Gasteiger partial charge in [-0.15, -0.1) is 0 Å². The van der Waals surface area contributed by atoms with Gasteiger partial charge < -0.3 is 9.47 Å². The van der Waals surface area contributed by atoms with Gasteiger partial charge in [-0.1, -0.05) is 24.3 Å². The molecule has 0 saturated carbocycles. The van der Waals surface area contributed by atoms with Gasteiger partial charge >= 0.3 is 5.97 Å². The average Bonchev–Trinajstić information content (AvgIpc) is 2.96. The fourth-order valence-electron chi connectivity index (χ4n) is 2.62. The minimum absolute atomic E-state index is 0.0920. The van der Waals surface area contributed by atoms with Crippen molar-refractivity contribution in [3.8, 4) is 5.75 Å². The number of amides is 2. The van der Waals surface area contributed by atoms with E-state index in [1.54, 1.807) is 49.4 Å². The average molecular weight is 541 g/mol. The Morgan fingerprint density at radius 1 is 1.23 bits per heavy atom. The topological polar surface area (TPSA) is 72.9 Å². The van der Waals surface area contributed by atoms with Gasteiger partial charge in [0.15, 0.2) is 0 Å². The molecule has 9 heteroatoms. The summed E-state index contributed by atoms with van der Waals surface area (Å²) >= 11 is 2.86. The van der Waals surface area contributed by atoms with Gasteiger partial charge in [-0.3, -0.25) is 19.3 Å². The maximum absolute atomic E-state index is 13.7. The number of thioether (sulfide) groups is 1. The molecule has 6 nitrogen and oxygen atoms in total. The maximum Gasteiger partial charge on any atom is 0.326 e. The molecule has 0 N–H and O–H groups in total. The fourth-order valence-corrected chi connectivity index (χ4v) is 4.15. The molecule has 156 valence electrons. The lowest BCUT2D eigenvalue weighted by atomic mass is 10.2. The van der Waals surface area contributed by atoms with E-state index in [-0.39, 0.29) is 23.9 Å². The van der Waals surface area contributed by atoms with Gasteiger partial charge in [-0.2, -0.15) is 0 Å². The van der Waals surface area contributed by atoms with Gasteiger partial charge in [-0.05, 0) is 71.1 Å². The quantitative estimate of drug-likeness (QED) is 0.290. The molecule has 1 aliphatic rings. The van der Waals surface area contributed by atoms with Crippen LogP contribution >= 0.6 is 34.4 Å². The van der Waals surface area contributed by atoms with Crippen molar-refractivity contribution in [1.29, 1.82) is 0 Å². The summed E-state index contributed by atoms with van der Waals surface area (Å²) in [7, 11) is 0. The lowest BCUT2D eigenvalue weighted by Crippen LogP contribution is -2.34. The summed E-state index contributed by atoms with van der Waals surface area (Å²) in [5.74, 6) is -0.922. The molecule has 0 spiro atoms. The molecular weight excluding hydrogens is 524 g/mol. The SMILES string of the molecule is CCOC(=O)CN1C(=O)S/C(=C/c2ccc(OCc3ccccc3F)c(I)c2)C1=O. The van der Waals surface area contributed by atoms with Crippen LogP contribution < -0.4 is 4.74 Å². The summed E-state index contributed by atoms with van der Waals surface area (Å²) < 4.78 is 25.0. The van der Waals surface area contributed by atoms with Crippen LogP contribution in [0.3, 0.4) is 0 Å². The first kappa shape index (κ1) is 22.3. The number of rotatable bonds is 7. The molecule has 0 aromatic heterocycles. The molecule has 2 aromatic rings. The maximum atomic E-state index is 13.7. The van der Waals surface area contributed by atoms with Crippen molar-refractivity contribution in [1.82, 2.24) is 4.90 Å². The summed E-state index contributed by atoms with van der Waals surface area (Å²) in [6.45, 7) is 1.51. The highest BCUT2D eigenvalue weighted by atomic mass is 127. The largest absolute Gasteiger partial charge is 0.488 e. The van der Waals surface area contributed by atoms with E-state index >= 15 is 0 Å². The second-order valence-corrected chi connectivity index (χ2v) is 8.30. The Morgan fingerprint density at radius 3 is 2.70 bits per heavy atom. The molecule has 0 bridgehead atoms. The number of hydrogen-bond donors (Lipinski definition) is 0. The van der Waals surface area contributed by atoms with Crippen LogP contribution in [0.5, 0.6) is 5.75 Å². The van der Waals surface area contributed by atoms with Gasteiger partial charge in [0.25, 0.3) is 11.1 Å². The minimum Gasteiger partial charge on any atom is -0.488 e. The summed E-state index contributed by atoms with van der Waals surface area (Å²) in [6, 6.07) is 11.6. The molecule has 3 rings (SSSR count). The Balaban J connectivity index is 1.69. The standard InChI is InChI=1S/C21H17FINO5S/c1-2-28-19(25)11-24-20(26)18(30-21(24)27)10-13-7-8-17(16(23)9-13)29-12-14-5-3-4-6-15(14)22/h3-10H,2,11-12H2,1H3/b18-10+. The molecule has 1 fully saturated rings. The van der Waals surface area contributed by atoms with E-state index in [2.05, 4.69) is 22.6 Å². The molecule has 0 atom stereocenters. The van der Waals surface area contributed by atoms with Crippen LogP contribution in [0.2, 0.25) is 0 Å². The molecule has 1 heterocycles. The van der Waals surface area contributed by atoms with Crippen LogP contribution in [0.15, 0.2) is 47.4 Å². The Hall–Kier alpha value is -2.40. The van der Waals surface area contributed by atoms with Gasteiger partial charge in [0.05, 0.1) is 15.1 Å². The lowest BCUT2D eigenvalue weighted by Gasteiger charge is -2.11. The number of halogens is 2. The first-order valence-electron chi connectivity index (χ1n) is 8.95. The van der Waals surface area contributed by atoms with E-state index in [1.807, 2.05) is 0 Å². The van der Waals surface area contributed by atoms with Gasteiger partial charge in [0.1, 0.15) is 24.7 Å². The minimum atomic E-state index is -0.632. The number of carbonyl (C=O) groups is 3. The number of imide groups is 1. The normalized spacial score (nSPS) is 15.0. The van der Waals surface area contributed by atoms with Crippen molar-refractivity contribution >= 4 is 57.5 Å². The van der Waals surface area contributed by atoms with Crippen molar-refractivity contribution in [3.05, 3.63) is 67.9 Å². The zero-order valence-electron chi connectivity index (χ0n) is 15.9. The van der Waals surface area contributed by atoms with Crippen LogP contribution in [0, 0.1) is 9.39 Å². The van der Waals surface area contributed by atoms with Gasteiger partial charge in [0, 0.05) is 5.56 Å². The van der Waals surface area contributed by atoms with Crippen molar-refractivity contribution in [2.75, 3.05) is 13.2 Å². The first-order valence-corrected chi connectivity index (χ1v) is 10.8. The number of esters is 1. The molecule has 1 aliphatic heterocycles. The van der Waals surface area contributed by atoms with E-state index in [9.17, 15) is 18.8 Å². The first-order chi connectivity index (χ1) is 14.4.